The molecule has 1 N–H and O–H groups in total. The van der Waals surface area contributed by atoms with E-state index in [1.807, 2.05) is 12.3 Å². The summed E-state index contributed by atoms with van der Waals surface area (Å²) in [6.07, 6.45) is 4.90. The second-order valence-corrected chi connectivity index (χ2v) is 2.19. The van der Waals surface area contributed by atoms with Gasteiger partial charge in [0.1, 0.15) is 0 Å². The number of hydrogen-bond acceptors (Lipinski definition) is 2. The number of rotatable bonds is 2. The summed E-state index contributed by atoms with van der Waals surface area (Å²) in [7, 11) is 2.06. The van der Waals surface area contributed by atoms with E-state index in [1.165, 1.54) is 5.70 Å². The van der Waals surface area contributed by atoms with E-state index in [2.05, 4.69) is 23.8 Å². The molecule has 1 rings (SSSR count). The molecule has 0 atom stereocenters. The molecule has 0 aromatic heterocycles. The molecule has 0 aliphatic carbocycles. The predicted molar refractivity (Wildman–Crippen MR) is 38.7 cm³/mol. The highest BCUT2D eigenvalue weighted by molar-refractivity contribution is 5.07. The van der Waals surface area contributed by atoms with Gasteiger partial charge in [0, 0.05) is 25.4 Å². The van der Waals surface area contributed by atoms with Crippen molar-refractivity contribution in [3.05, 3.63) is 24.6 Å². The van der Waals surface area contributed by atoms with Gasteiger partial charge < -0.3 is 10.2 Å². The molecule has 0 aromatic rings. The summed E-state index contributed by atoms with van der Waals surface area (Å²) < 4.78 is 0. The Bertz CT molecular complexity index is 138. The topological polar surface area (TPSA) is 15.3 Å². The first-order valence-corrected chi connectivity index (χ1v) is 3.09. The molecule has 0 saturated heterocycles. The minimum absolute atomic E-state index is 0.934. The molecule has 0 amide bonds. The largest absolute Gasteiger partial charge is 0.372 e. The Labute approximate surface area is 55.9 Å². The van der Waals surface area contributed by atoms with Crippen LogP contribution in [0.25, 0.3) is 0 Å². The molecule has 1 heterocycles. The van der Waals surface area contributed by atoms with E-state index >= 15 is 0 Å². The van der Waals surface area contributed by atoms with Gasteiger partial charge in [-0.2, -0.15) is 0 Å². The molecule has 9 heavy (non-hydrogen) atoms. The Morgan fingerprint density at radius 2 is 2.78 bits per heavy atom. The van der Waals surface area contributed by atoms with Gasteiger partial charge in [-0.15, -0.1) is 6.58 Å². The summed E-state index contributed by atoms with van der Waals surface area (Å²) in [5.74, 6) is 0. The minimum Gasteiger partial charge on any atom is -0.372 e. The van der Waals surface area contributed by atoms with Crippen molar-refractivity contribution in [1.82, 2.24) is 10.2 Å². The molecule has 0 spiro atoms. The molecule has 2 heteroatoms. The highest BCUT2D eigenvalue weighted by Crippen LogP contribution is 2.08. The fraction of sp³-hybridized carbons (Fsp3) is 0.429. The average Bonchev–Trinajstić information content (AvgIpc) is 2.18. The van der Waals surface area contributed by atoms with Gasteiger partial charge in [0.15, 0.2) is 0 Å². The molecule has 0 radical (unpaired) electrons. The lowest BCUT2D eigenvalue weighted by atomic mass is 10.3. The molecule has 50 valence electrons. The second kappa shape index (κ2) is 2.58. The van der Waals surface area contributed by atoms with Gasteiger partial charge in [0.2, 0.25) is 0 Å². The van der Waals surface area contributed by atoms with Crippen molar-refractivity contribution in [3.63, 3.8) is 0 Å². The van der Waals surface area contributed by atoms with Crippen molar-refractivity contribution in [3.8, 4) is 0 Å². The molecule has 2 nitrogen and oxygen atoms in total. The Hall–Kier alpha value is -0.920. The van der Waals surface area contributed by atoms with Crippen LogP contribution in [0.2, 0.25) is 0 Å². The van der Waals surface area contributed by atoms with Crippen molar-refractivity contribution >= 4 is 0 Å². The number of hydrogen-bond donors (Lipinski definition) is 1. The predicted octanol–water partition coefficient (Wildman–Crippen LogP) is 0.896. The van der Waals surface area contributed by atoms with Crippen molar-refractivity contribution < 1.29 is 0 Å². The van der Waals surface area contributed by atoms with Crippen LogP contribution < -0.4 is 5.32 Å². The zero-order valence-electron chi connectivity index (χ0n) is 5.72. The van der Waals surface area contributed by atoms with E-state index in [-0.39, 0.29) is 0 Å². The van der Waals surface area contributed by atoms with Gasteiger partial charge in [-0.3, -0.25) is 0 Å². The van der Waals surface area contributed by atoms with Gasteiger partial charge in [-0.25, -0.2) is 0 Å². The lowest BCUT2D eigenvalue weighted by Gasteiger charge is -2.12. The van der Waals surface area contributed by atoms with Crippen LogP contribution in [0.1, 0.15) is 6.42 Å². The van der Waals surface area contributed by atoms with Crippen LogP contribution in [0, 0.1) is 0 Å². The van der Waals surface area contributed by atoms with Crippen LogP contribution in [0.5, 0.6) is 0 Å². The summed E-state index contributed by atoms with van der Waals surface area (Å²) in [6.45, 7) is 4.60. The SMILES string of the molecule is C=CCC1=CNCN1C. The smallest absolute Gasteiger partial charge is 0.0867 e. The van der Waals surface area contributed by atoms with E-state index in [9.17, 15) is 0 Å². The Kier molecular flexibility index (Phi) is 1.78. The molecule has 0 unspecified atom stereocenters. The molecule has 0 bridgehead atoms. The summed E-state index contributed by atoms with van der Waals surface area (Å²) in [5.41, 5.74) is 1.31. The summed E-state index contributed by atoms with van der Waals surface area (Å²) in [6, 6.07) is 0. The van der Waals surface area contributed by atoms with Crippen molar-refractivity contribution in [1.29, 1.82) is 0 Å². The Balaban J connectivity index is 2.46. The third-order valence-corrected chi connectivity index (χ3v) is 1.44. The molecular weight excluding hydrogens is 112 g/mol. The number of nitrogens with one attached hydrogen (secondary N) is 1. The first-order chi connectivity index (χ1) is 4.34. The summed E-state index contributed by atoms with van der Waals surface area (Å²) in [4.78, 5) is 2.17. The minimum atomic E-state index is 0.934. The molecule has 0 saturated carbocycles. The molecule has 1 aliphatic rings. The van der Waals surface area contributed by atoms with Crippen molar-refractivity contribution in [2.24, 2.45) is 0 Å². The van der Waals surface area contributed by atoms with Crippen LogP contribution in [0.3, 0.4) is 0 Å². The quantitative estimate of drug-likeness (QED) is 0.550. The lowest BCUT2D eigenvalue weighted by Crippen LogP contribution is -2.18. The van der Waals surface area contributed by atoms with Crippen LogP contribution >= 0.6 is 0 Å². The first-order valence-electron chi connectivity index (χ1n) is 3.09. The fourth-order valence-corrected chi connectivity index (χ4v) is 0.875. The van der Waals surface area contributed by atoms with Gasteiger partial charge in [-0.05, 0) is 0 Å². The van der Waals surface area contributed by atoms with Crippen LogP contribution in [-0.2, 0) is 0 Å². The monoisotopic (exact) mass is 124 g/mol. The highest BCUT2D eigenvalue weighted by atomic mass is 15.2. The van der Waals surface area contributed by atoms with Gasteiger partial charge in [-0.1, -0.05) is 6.08 Å². The van der Waals surface area contributed by atoms with Gasteiger partial charge in [0.05, 0.1) is 6.67 Å². The Morgan fingerprint density at radius 3 is 3.22 bits per heavy atom. The third-order valence-electron chi connectivity index (χ3n) is 1.44. The van der Waals surface area contributed by atoms with Gasteiger partial charge in [0.25, 0.3) is 0 Å². The highest BCUT2D eigenvalue weighted by Gasteiger charge is 2.06. The zero-order valence-corrected chi connectivity index (χ0v) is 5.72. The maximum atomic E-state index is 3.66. The maximum Gasteiger partial charge on any atom is 0.0867 e. The number of allylic oxidation sites excluding steroid dienone is 1. The molecule has 1 aliphatic heterocycles. The van der Waals surface area contributed by atoms with Crippen LogP contribution in [0.15, 0.2) is 24.6 Å². The first kappa shape index (κ1) is 6.20. The van der Waals surface area contributed by atoms with E-state index in [4.69, 9.17) is 0 Å². The molecule has 0 aromatic carbocycles. The van der Waals surface area contributed by atoms with E-state index in [0.717, 1.165) is 13.1 Å². The Morgan fingerprint density at radius 1 is 2.00 bits per heavy atom. The summed E-state index contributed by atoms with van der Waals surface area (Å²) in [5, 5.41) is 3.12. The fourth-order valence-electron chi connectivity index (χ4n) is 0.875. The van der Waals surface area contributed by atoms with Crippen LogP contribution in [-0.4, -0.2) is 18.6 Å². The van der Waals surface area contributed by atoms with Crippen LogP contribution in [0.4, 0.5) is 0 Å². The van der Waals surface area contributed by atoms with E-state index < -0.39 is 0 Å². The lowest BCUT2D eigenvalue weighted by molar-refractivity contribution is 0.434. The standard InChI is InChI=1S/C7H12N2/c1-3-4-7-5-8-6-9(7)2/h3,5,8H,1,4,6H2,2H3. The van der Waals surface area contributed by atoms with Crippen molar-refractivity contribution in [2.75, 3.05) is 13.7 Å². The zero-order chi connectivity index (χ0) is 6.69. The van der Waals surface area contributed by atoms with Crippen molar-refractivity contribution in [2.45, 2.75) is 6.42 Å². The van der Waals surface area contributed by atoms with Gasteiger partial charge >= 0.3 is 0 Å². The summed E-state index contributed by atoms with van der Waals surface area (Å²) >= 11 is 0. The van der Waals surface area contributed by atoms with E-state index in [0.29, 0.717) is 0 Å². The molecule has 0 fully saturated rings. The average molecular weight is 124 g/mol. The molecular formula is C7H12N2. The third kappa shape index (κ3) is 1.25. The normalized spacial score (nSPS) is 17.0. The second-order valence-electron chi connectivity index (χ2n) is 2.19. The maximum absolute atomic E-state index is 3.66. The number of nitrogens with zero attached hydrogens (tertiary/aromatic N) is 1. The van der Waals surface area contributed by atoms with E-state index in [1.54, 1.807) is 0 Å².